The molecule has 1 aromatic rings. The van der Waals surface area contributed by atoms with Crippen molar-refractivity contribution < 1.29 is 23.1 Å². The molecule has 7 nitrogen and oxygen atoms in total. The zero-order valence-electron chi connectivity index (χ0n) is 14.8. The van der Waals surface area contributed by atoms with Crippen molar-refractivity contribution in [1.82, 2.24) is 4.31 Å². The number of carboxylic acids is 1. The fourth-order valence-corrected chi connectivity index (χ4v) is 4.77. The second-order valence-electron chi connectivity index (χ2n) is 7.09. The first-order valence-electron chi connectivity index (χ1n) is 8.38. The van der Waals surface area contributed by atoms with E-state index in [0.29, 0.717) is 17.7 Å². The second kappa shape index (κ2) is 6.51. The van der Waals surface area contributed by atoms with E-state index in [1.165, 1.54) is 26.2 Å². The van der Waals surface area contributed by atoms with Crippen LogP contribution in [0.4, 0.5) is 5.69 Å². The number of carboxylic acid groups (broad SMARTS) is 1. The molecular weight excluding hydrogens is 356 g/mol. The minimum atomic E-state index is -3.63. The van der Waals surface area contributed by atoms with Crippen LogP contribution in [0.25, 0.3) is 0 Å². The van der Waals surface area contributed by atoms with Crippen molar-refractivity contribution in [3.8, 4) is 0 Å². The number of anilines is 1. The Morgan fingerprint density at radius 1 is 1.15 bits per heavy atom. The van der Waals surface area contributed by atoms with Crippen molar-refractivity contribution in [3.05, 3.63) is 35.9 Å². The molecule has 0 aromatic heterocycles. The van der Waals surface area contributed by atoms with Crippen LogP contribution in [0.3, 0.4) is 0 Å². The van der Waals surface area contributed by atoms with Gasteiger partial charge in [-0.2, -0.15) is 0 Å². The number of aliphatic carboxylic acids is 1. The first-order chi connectivity index (χ1) is 12.1. The van der Waals surface area contributed by atoms with E-state index < -0.39 is 27.8 Å². The molecule has 0 saturated heterocycles. The van der Waals surface area contributed by atoms with Crippen LogP contribution in [0.1, 0.15) is 12.0 Å². The standard InChI is InChI=1S/C18H22N2O5S/c1-10-4-7-13(26(24,25)20(2)3)9-14(10)19-17(21)15-11-5-6-12(8-11)16(15)18(22)23/h4-7,9,11-12,15-16H,8H2,1-3H3,(H,19,21)(H,22,23)/t11-,12-,15+,16+/m0/s1. The number of carbonyl (C=O) groups is 2. The van der Waals surface area contributed by atoms with Gasteiger partial charge in [-0.15, -0.1) is 0 Å². The van der Waals surface area contributed by atoms with E-state index >= 15 is 0 Å². The molecule has 140 valence electrons. The lowest BCUT2D eigenvalue weighted by atomic mass is 9.82. The molecule has 0 spiro atoms. The smallest absolute Gasteiger partial charge is 0.307 e. The van der Waals surface area contributed by atoms with E-state index in [1.54, 1.807) is 13.0 Å². The van der Waals surface area contributed by atoms with Crippen LogP contribution < -0.4 is 5.32 Å². The molecule has 0 heterocycles. The maximum absolute atomic E-state index is 12.8. The Kier molecular flexibility index (Phi) is 4.66. The van der Waals surface area contributed by atoms with Crippen LogP contribution >= 0.6 is 0 Å². The van der Waals surface area contributed by atoms with Gasteiger partial charge in [-0.1, -0.05) is 18.2 Å². The van der Waals surface area contributed by atoms with Gasteiger partial charge in [0, 0.05) is 19.8 Å². The molecule has 8 heteroatoms. The molecule has 1 saturated carbocycles. The molecule has 1 aromatic carbocycles. The summed E-state index contributed by atoms with van der Waals surface area (Å²) in [7, 11) is -0.753. The molecule has 0 radical (unpaired) electrons. The van der Waals surface area contributed by atoms with Gasteiger partial charge in [0.05, 0.1) is 16.7 Å². The highest BCUT2D eigenvalue weighted by atomic mass is 32.2. The van der Waals surface area contributed by atoms with Crippen LogP contribution in [-0.2, 0) is 19.6 Å². The Morgan fingerprint density at radius 3 is 2.35 bits per heavy atom. The first kappa shape index (κ1) is 18.6. The van der Waals surface area contributed by atoms with Gasteiger partial charge in [-0.3, -0.25) is 9.59 Å². The number of carbonyl (C=O) groups excluding carboxylic acids is 1. The molecule has 0 aliphatic heterocycles. The summed E-state index contributed by atoms with van der Waals surface area (Å²) < 4.78 is 25.7. The number of allylic oxidation sites excluding steroid dienone is 2. The molecule has 0 unspecified atom stereocenters. The van der Waals surface area contributed by atoms with Crippen molar-refractivity contribution in [2.45, 2.75) is 18.2 Å². The van der Waals surface area contributed by atoms with E-state index in [2.05, 4.69) is 5.32 Å². The van der Waals surface area contributed by atoms with Gasteiger partial charge in [0.25, 0.3) is 0 Å². The van der Waals surface area contributed by atoms with Gasteiger partial charge < -0.3 is 10.4 Å². The third-order valence-electron chi connectivity index (χ3n) is 5.29. The Balaban J connectivity index is 1.88. The molecule has 2 N–H and O–H groups in total. The van der Waals surface area contributed by atoms with Gasteiger partial charge in [-0.05, 0) is 42.9 Å². The summed E-state index contributed by atoms with van der Waals surface area (Å²) in [5.74, 6) is -2.93. The van der Waals surface area contributed by atoms with E-state index in [0.717, 1.165) is 4.31 Å². The highest BCUT2D eigenvalue weighted by Gasteiger charge is 2.51. The fourth-order valence-electron chi connectivity index (χ4n) is 3.84. The van der Waals surface area contributed by atoms with Crippen molar-refractivity contribution in [2.75, 3.05) is 19.4 Å². The van der Waals surface area contributed by atoms with Gasteiger partial charge in [0.15, 0.2) is 0 Å². The number of hydrogen-bond donors (Lipinski definition) is 2. The summed E-state index contributed by atoms with van der Waals surface area (Å²) in [4.78, 5) is 24.5. The van der Waals surface area contributed by atoms with Crippen LogP contribution in [0.2, 0.25) is 0 Å². The molecule has 4 atom stereocenters. The monoisotopic (exact) mass is 378 g/mol. The first-order valence-corrected chi connectivity index (χ1v) is 9.82. The molecule has 1 amide bonds. The van der Waals surface area contributed by atoms with Crippen LogP contribution in [0.15, 0.2) is 35.2 Å². The molecule has 1 fully saturated rings. The van der Waals surface area contributed by atoms with Crippen molar-refractivity contribution >= 4 is 27.6 Å². The van der Waals surface area contributed by atoms with E-state index in [1.807, 2.05) is 12.2 Å². The topological polar surface area (TPSA) is 104 Å². The van der Waals surface area contributed by atoms with Gasteiger partial charge in [0.1, 0.15) is 0 Å². The van der Waals surface area contributed by atoms with Crippen LogP contribution in [0, 0.1) is 30.6 Å². The van der Waals surface area contributed by atoms with E-state index in [-0.39, 0.29) is 22.6 Å². The van der Waals surface area contributed by atoms with E-state index in [4.69, 9.17) is 0 Å². The Morgan fingerprint density at radius 2 is 1.77 bits per heavy atom. The average Bonchev–Trinajstić information content (AvgIpc) is 3.17. The predicted octanol–water partition coefficient (Wildman–Crippen LogP) is 1.71. The zero-order chi connectivity index (χ0) is 19.2. The zero-order valence-corrected chi connectivity index (χ0v) is 15.7. The quantitative estimate of drug-likeness (QED) is 0.759. The number of fused-ring (bicyclic) bond motifs is 2. The highest BCUT2D eigenvalue weighted by molar-refractivity contribution is 7.89. The maximum atomic E-state index is 12.8. The lowest BCUT2D eigenvalue weighted by Crippen LogP contribution is -2.36. The summed E-state index contributed by atoms with van der Waals surface area (Å²) in [6, 6.07) is 4.53. The Labute approximate surface area is 152 Å². The van der Waals surface area contributed by atoms with Crippen LogP contribution in [0.5, 0.6) is 0 Å². The van der Waals surface area contributed by atoms with Crippen molar-refractivity contribution in [2.24, 2.45) is 23.7 Å². The fraction of sp³-hybridized carbons (Fsp3) is 0.444. The van der Waals surface area contributed by atoms with Gasteiger partial charge in [-0.25, -0.2) is 12.7 Å². The Bertz CT molecular complexity index is 891. The molecule has 2 aliphatic rings. The summed E-state index contributed by atoms with van der Waals surface area (Å²) in [5, 5.41) is 12.2. The van der Waals surface area contributed by atoms with Crippen molar-refractivity contribution in [3.63, 3.8) is 0 Å². The molecule has 26 heavy (non-hydrogen) atoms. The Hall–Kier alpha value is -2.19. The highest BCUT2D eigenvalue weighted by Crippen LogP contribution is 2.48. The third-order valence-corrected chi connectivity index (χ3v) is 7.10. The average molecular weight is 378 g/mol. The van der Waals surface area contributed by atoms with Gasteiger partial charge in [0.2, 0.25) is 15.9 Å². The van der Waals surface area contributed by atoms with Crippen LogP contribution in [-0.4, -0.2) is 43.8 Å². The largest absolute Gasteiger partial charge is 0.481 e. The van der Waals surface area contributed by atoms with E-state index in [9.17, 15) is 23.1 Å². The SMILES string of the molecule is Cc1ccc(S(=O)(=O)N(C)C)cc1NC(=O)[C@H]1[C@H](C(=O)O)[C@H]2C=C[C@H]1C2. The lowest BCUT2D eigenvalue weighted by Gasteiger charge is -2.24. The second-order valence-corrected chi connectivity index (χ2v) is 9.24. The summed E-state index contributed by atoms with van der Waals surface area (Å²) in [6.07, 6.45) is 4.46. The molecule has 3 rings (SSSR count). The number of amides is 1. The number of aryl methyl sites for hydroxylation is 1. The number of hydrogen-bond acceptors (Lipinski definition) is 4. The number of nitrogens with one attached hydrogen (secondary N) is 1. The lowest BCUT2D eigenvalue weighted by molar-refractivity contribution is -0.146. The molecule has 2 aliphatic carbocycles. The number of benzene rings is 1. The number of rotatable bonds is 5. The maximum Gasteiger partial charge on any atom is 0.307 e. The summed E-state index contributed by atoms with van der Waals surface area (Å²) >= 11 is 0. The number of nitrogens with zero attached hydrogens (tertiary/aromatic N) is 1. The van der Waals surface area contributed by atoms with Gasteiger partial charge >= 0.3 is 5.97 Å². The predicted molar refractivity (Wildman–Crippen MR) is 96.0 cm³/mol. The third kappa shape index (κ3) is 3.03. The minimum Gasteiger partial charge on any atom is -0.481 e. The van der Waals surface area contributed by atoms with Crippen molar-refractivity contribution in [1.29, 1.82) is 0 Å². The minimum absolute atomic E-state index is 0.0750. The number of sulfonamides is 1. The summed E-state index contributed by atoms with van der Waals surface area (Å²) in [5.41, 5.74) is 1.09. The molecule has 2 bridgehead atoms. The normalized spacial score (nSPS) is 27.1. The molecular formula is C18H22N2O5S. The summed E-state index contributed by atoms with van der Waals surface area (Å²) in [6.45, 7) is 1.76.